The van der Waals surface area contributed by atoms with E-state index in [9.17, 15) is 0 Å². The van der Waals surface area contributed by atoms with Gasteiger partial charge in [-0.05, 0) is 11.6 Å². The lowest BCUT2D eigenvalue weighted by molar-refractivity contribution is -0.698. The van der Waals surface area contributed by atoms with Crippen LogP contribution in [0.1, 0.15) is 28.3 Å². The highest BCUT2D eigenvalue weighted by molar-refractivity contribution is 5.43. The number of fused-ring (bicyclic) bond motifs is 2. The molecule has 3 aromatic rings. The zero-order chi connectivity index (χ0) is 12.7. The van der Waals surface area contributed by atoms with E-state index < -0.39 is 0 Å². The van der Waals surface area contributed by atoms with E-state index in [0.717, 1.165) is 6.54 Å². The van der Waals surface area contributed by atoms with Gasteiger partial charge in [0.2, 0.25) is 0 Å². The topological polar surface area (TPSA) is 17.0 Å². The maximum Gasteiger partial charge on any atom is 0.193 e. The van der Waals surface area contributed by atoms with E-state index in [2.05, 4.69) is 59.3 Å². The zero-order valence-electron chi connectivity index (χ0n) is 10.5. The lowest BCUT2D eigenvalue weighted by Gasteiger charge is -2.22. The van der Waals surface area contributed by atoms with E-state index in [4.69, 9.17) is 4.42 Å². The van der Waals surface area contributed by atoms with Crippen molar-refractivity contribution in [1.82, 2.24) is 0 Å². The van der Waals surface area contributed by atoms with Crippen LogP contribution in [0.5, 0.6) is 0 Å². The summed E-state index contributed by atoms with van der Waals surface area (Å²) in [5.41, 5.74) is 5.31. The normalized spacial score (nSPS) is 16.7. The van der Waals surface area contributed by atoms with Gasteiger partial charge in [0.15, 0.2) is 18.4 Å². The molecule has 0 spiro atoms. The van der Waals surface area contributed by atoms with Crippen molar-refractivity contribution in [2.45, 2.75) is 12.5 Å². The number of hydrogen-bond donors (Lipinski definition) is 0. The molecular weight excluding hydrogens is 234 g/mol. The fourth-order valence-corrected chi connectivity index (χ4v) is 2.99. The largest absolute Gasteiger partial charge is 0.472 e. The van der Waals surface area contributed by atoms with Gasteiger partial charge in [-0.15, -0.1) is 0 Å². The van der Waals surface area contributed by atoms with Crippen LogP contribution in [-0.4, -0.2) is 0 Å². The van der Waals surface area contributed by atoms with E-state index in [1.54, 1.807) is 6.26 Å². The van der Waals surface area contributed by atoms with Gasteiger partial charge < -0.3 is 4.42 Å². The molecule has 2 nitrogen and oxygen atoms in total. The smallest absolute Gasteiger partial charge is 0.193 e. The number of aromatic nitrogens is 1. The molecule has 4 rings (SSSR count). The fraction of sp³-hybridized carbons (Fsp3) is 0.118. The molecule has 3 heterocycles. The minimum absolute atomic E-state index is 0.268. The summed E-state index contributed by atoms with van der Waals surface area (Å²) >= 11 is 0. The highest BCUT2D eigenvalue weighted by atomic mass is 16.3. The lowest BCUT2D eigenvalue weighted by atomic mass is 9.84. The summed E-state index contributed by atoms with van der Waals surface area (Å²) in [7, 11) is 0. The average molecular weight is 248 g/mol. The molecule has 0 saturated heterocycles. The van der Waals surface area contributed by atoms with Gasteiger partial charge in [0, 0.05) is 23.3 Å². The molecule has 1 aliphatic heterocycles. The van der Waals surface area contributed by atoms with Crippen molar-refractivity contribution >= 4 is 0 Å². The Bertz CT molecular complexity index is 670. The first kappa shape index (κ1) is 10.6. The summed E-state index contributed by atoms with van der Waals surface area (Å²) in [5.74, 6) is 0.268. The van der Waals surface area contributed by atoms with Gasteiger partial charge in [-0.2, -0.15) is 4.57 Å². The molecule has 92 valence electrons. The van der Waals surface area contributed by atoms with Crippen molar-refractivity contribution in [1.29, 1.82) is 0 Å². The number of rotatable bonds is 1. The number of benzene rings is 1. The van der Waals surface area contributed by atoms with E-state index in [1.165, 1.54) is 22.4 Å². The van der Waals surface area contributed by atoms with Crippen molar-refractivity contribution in [2.75, 3.05) is 0 Å². The van der Waals surface area contributed by atoms with Crippen LogP contribution in [0.25, 0.3) is 0 Å². The first-order chi connectivity index (χ1) is 9.43. The Morgan fingerprint density at radius 1 is 1.00 bits per heavy atom. The molecule has 1 aromatic carbocycles. The van der Waals surface area contributed by atoms with Crippen LogP contribution in [0.15, 0.2) is 71.7 Å². The second-order valence-corrected chi connectivity index (χ2v) is 4.94. The molecule has 0 amide bonds. The van der Waals surface area contributed by atoms with Gasteiger partial charge in [-0.3, -0.25) is 0 Å². The summed E-state index contributed by atoms with van der Waals surface area (Å²) in [6.07, 6.45) is 5.75. The summed E-state index contributed by atoms with van der Waals surface area (Å²) in [4.78, 5) is 0. The fourth-order valence-electron chi connectivity index (χ4n) is 2.99. The zero-order valence-corrected chi connectivity index (χ0v) is 10.5. The van der Waals surface area contributed by atoms with Crippen molar-refractivity contribution in [3.8, 4) is 0 Å². The Hall–Kier alpha value is -2.35. The van der Waals surface area contributed by atoms with Crippen molar-refractivity contribution in [3.05, 3.63) is 89.6 Å². The standard InChI is InChI=1S/C17H14NO/c1-2-6-15-13(5-1)11-18-9-4-3-7-16(18)17(15)14-8-10-19-12-14/h1-10,12,17H,11H2/q+1. The first-order valence-electron chi connectivity index (χ1n) is 6.52. The van der Waals surface area contributed by atoms with E-state index >= 15 is 0 Å². The molecule has 1 unspecified atom stereocenters. The molecule has 1 atom stereocenters. The molecule has 19 heavy (non-hydrogen) atoms. The van der Waals surface area contributed by atoms with E-state index in [1.807, 2.05) is 6.26 Å². The molecule has 0 radical (unpaired) electrons. The second-order valence-electron chi connectivity index (χ2n) is 4.94. The van der Waals surface area contributed by atoms with Crippen LogP contribution < -0.4 is 4.57 Å². The molecule has 0 bridgehead atoms. The highest BCUT2D eigenvalue weighted by Crippen LogP contribution is 2.34. The second kappa shape index (κ2) is 4.09. The minimum Gasteiger partial charge on any atom is -0.472 e. The van der Waals surface area contributed by atoms with Crippen LogP contribution in [-0.2, 0) is 6.54 Å². The van der Waals surface area contributed by atoms with Gasteiger partial charge in [-0.25, -0.2) is 0 Å². The summed E-state index contributed by atoms with van der Waals surface area (Å²) in [6, 6.07) is 17.1. The minimum atomic E-state index is 0.268. The predicted molar refractivity (Wildman–Crippen MR) is 71.8 cm³/mol. The quantitative estimate of drug-likeness (QED) is 0.473. The maximum absolute atomic E-state index is 5.29. The van der Waals surface area contributed by atoms with E-state index in [0.29, 0.717) is 0 Å². The molecule has 0 saturated carbocycles. The molecule has 0 fully saturated rings. The highest BCUT2D eigenvalue weighted by Gasteiger charge is 2.32. The first-order valence-corrected chi connectivity index (χ1v) is 6.52. The molecule has 0 aliphatic carbocycles. The number of hydrogen-bond acceptors (Lipinski definition) is 1. The summed E-state index contributed by atoms with van der Waals surface area (Å²) in [5, 5.41) is 0. The van der Waals surface area contributed by atoms with Crippen molar-refractivity contribution in [3.63, 3.8) is 0 Å². The Kier molecular flexibility index (Phi) is 2.27. The van der Waals surface area contributed by atoms with Crippen molar-refractivity contribution < 1.29 is 8.98 Å². The number of furan rings is 1. The van der Waals surface area contributed by atoms with Gasteiger partial charge in [0.05, 0.1) is 18.4 Å². The van der Waals surface area contributed by atoms with Crippen LogP contribution in [0.3, 0.4) is 0 Å². The van der Waals surface area contributed by atoms with Gasteiger partial charge in [0.1, 0.15) is 0 Å². The Morgan fingerprint density at radius 3 is 2.79 bits per heavy atom. The predicted octanol–water partition coefficient (Wildman–Crippen LogP) is 3.11. The average Bonchev–Trinajstić information content (AvgIpc) is 2.98. The van der Waals surface area contributed by atoms with Crippen LogP contribution in [0, 0.1) is 0 Å². The third kappa shape index (κ3) is 1.60. The SMILES string of the molecule is c1ccc2c(c1)C[n+]1ccccc1C2c1ccoc1. The van der Waals surface area contributed by atoms with Gasteiger partial charge in [0.25, 0.3) is 0 Å². The Balaban J connectivity index is 1.98. The number of nitrogens with zero attached hydrogens (tertiary/aromatic N) is 1. The van der Waals surface area contributed by atoms with Crippen molar-refractivity contribution in [2.24, 2.45) is 0 Å². The Labute approximate surface area is 111 Å². The molecular formula is C17H14NO+. The Morgan fingerprint density at radius 2 is 1.89 bits per heavy atom. The van der Waals surface area contributed by atoms with Crippen LogP contribution >= 0.6 is 0 Å². The third-order valence-electron chi connectivity index (χ3n) is 3.85. The lowest BCUT2D eigenvalue weighted by Crippen LogP contribution is -2.43. The van der Waals surface area contributed by atoms with Crippen LogP contribution in [0.4, 0.5) is 0 Å². The summed E-state index contributed by atoms with van der Waals surface area (Å²) < 4.78 is 7.61. The molecule has 2 heteroatoms. The monoisotopic (exact) mass is 248 g/mol. The molecule has 1 aliphatic rings. The molecule has 2 aromatic heterocycles. The number of pyridine rings is 1. The third-order valence-corrected chi connectivity index (χ3v) is 3.85. The van der Waals surface area contributed by atoms with Crippen LogP contribution in [0.2, 0.25) is 0 Å². The maximum atomic E-state index is 5.29. The summed E-state index contributed by atoms with van der Waals surface area (Å²) in [6.45, 7) is 0.945. The van der Waals surface area contributed by atoms with Gasteiger partial charge >= 0.3 is 0 Å². The molecule has 0 N–H and O–H groups in total. The van der Waals surface area contributed by atoms with E-state index in [-0.39, 0.29) is 5.92 Å². The van der Waals surface area contributed by atoms with Gasteiger partial charge in [-0.1, -0.05) is 30.3 Å².